The van der Waals surface area contributed by atoms with Crippen LogP contribution in [0.3, 0.4) is 0 Å². The zero-order chi connectivity index (χ0) is 18.0. The van der Waals surface area contributed by atoms with Crippen molar-refractivity contribution in [3.05, 3.63) is 83.6 Å². The summed E-state index contributed by atoms with van der Waals surface area (Å²) in [6, 6.07) is 18.6. The van der Waals surface area contributed by atoms with Crippen molar-refractivity contribution in [3.63, 3.8) is 0 Å². The molecule has 0 aliphatic heterocycles. The number of hydrogen-bond acceptors (Lipinski definition) is 2. The van der Waals surface area contributed by atoms with Gasteiger partial charge in [0.25, 0.3) is 0 Å². The van der Waals surface area contributed by atoms with Gasteiger partial charge >= 0.3 is 0 Å². The lowest BCUT2D eigenvalue weighted by atomic mass is 9.78. The molecule has 2 nitrogen and oxygen atoms in total. The molecule has 0 bridgehead atoms. The van der Waals surface area contributed by atoms with E-state index in [9.17, 15) is 9.90 Å². The van der Waals surface area contributed by atoms with E-state index in [0.29, 0.717) is 5.56 Å². The molecule has 0 aliphatic rings. The van der Waals surface area contributed by atoms with Gasteiger partial charge in [0, 0.05) is 5.56 Å². The van der Waals surface area contributed by atoms with E-state index >= 15 is 0 Å². The molecule has 0 unspecified atom stereocenters. The highest BCUT2D eigenvalue weighted by Gasteiger charge is 2.44. The van der Waals surface area contributed by atoms with E-state index in [4.69, 9.17) is 0 Å². The Bertz CT molecular complexity index is 713. The van der Waals surface area contributed by atoms with Crippen molar-refractivity contribution < 1.29 is 9.90 Å². The summed E-state index contributed by atoms with van der Waals surface area (Å²) in [7, 11) is -1.84. The molecule has 0 aliphatic carbocycles. The average Bonchev–Trinajstić information content (AvgIpc) is 2.55. The lowest BCUT2D eigenvalue weighted by Crippen LogP contribution is -2.44. The topological polar surface area (TPSA) is 37.3 Å². The molecule has 2 rings (SSSR count). The lowest BCUT2D eigenvalue weighted by molar-refractivity contribution is 0.0145. The SMILES string of the molecule is C=C([C@@H](C(=O)c1ccccc1)[C@@](C)(O)c1ccccc1)[Si](C)(C)C. The van der Waals surface area contributed by atoms with Crippen LogP contribution in [0.25, 0.3) is 0 Å². The Balaban J connectivity index is 2.56. The largest absolute Gasteiger partial charge is 0.384 e. The highest BCUT2D eigenvalue weighted by molar-refractivity contribution is 6.83. The molecule has 0 saturated heterocycles. The fourth-order valence-corrected chi connectivity index (χ4v) is 4.18. The summed E-state index contributed by atoms with van der Waals surface area (Å²) < 4.78 is 0. The maximum atomic E-state index is 13.3. The van der Waals surface area contributed by atoms with Crippen molar-refractivity contribution in [3.8, 4) is 0 Å². The third kappa shape index (κ3) is 3.74. The van der Waals surface area contributed by atoms with Crippen molar-refractivity contribution in [2.75, 3.05) is 0 Å². The molecule has 0 radical (unpaired) electrons. The Labute approximate surface area is 145 Å². The number of hydrogen-bond donors (Lipinski definition) is 1. The van der Waals surface area contributed by atoms with Crippen LogP contribution in [0.15, 0.2) is 72.4 Å². The number of aliphatic hydroxyl groups is 1. The van der Waals surface area contributed by atoms with E-state index in [2.05, 4.69) is 26.2 Å². The van der Waals surface area contributed by atoms with Gasteiger partial charge in [0.05, 0.1) is 14.0 Å². The second-order valence-electron chi connectivity index (χ2n) is 7.45. The summed E-state index contributed by atoms with van der Waals surface area (Å²) in [6.45, 7) is 12.4. The van der Waals surface area contributed by atoms with Gasteiger partial charge in [-0.2, -0.15) is 0 Å². The summed E-state index contributed by atoms with van der Waals surface area (Å²) >= 11 is 0. The fraction of sp³-hybridized carbons (Fsp3) is 0.286. The Morgan fingerprint density at radius 1 is 1.00 bits per heavy atom. The van der Waals surface area contributed by atoms with Crippen LogP contribution in [0, 0.1) is 5.92 Å². The second kappa shape index (κ2) is 6.87. The molecular weight excluding hydrogens is 312 g/mol. The second-order valence-corrected chi connectivity index (χ2v) is 12.6. The molecule has 2 aromatic carbocycles. The van der Waals surface area contributed by atoms with Crippen LogP contribution in [0.5, 0.6) is 0 Å². The summed E-state index contributed by atoms with van der Waals surface area (Å²) in [6.07, 6.45) is 0. The van der Waals surface area contributed by atoms with E-state index in [1.807, 2.05) is 48.5 Å². The maximum Gasteiger partial charge on any atom is 0.172 e. The van der Waals surface area contributed by atoms with E-state index in [-0.39, 0.29) is 5.78 Å². The summed E-state index contributed by atoms with van der Waals surface area (Å²) in [4.78, 5) is 13.3. The minimum atomic E-state index is -1.84. The minimum absolute atomic E-state index is 0.0723. The van der Waals surface area contributed by atoms with Gasteiger partial charge in [0.1, 0.15) is 5.60 Å². The van der Waals surface area contributed by atoms with Crippen molar-refractivity contribution in [2.24, 2.45) is 5.92 Å². The molecule has 0 spiro atoms. The first-order valence-corrected chi connectivity index (χ1v) is 11.7. The van der Waals surface area contributed by atoms with Crippen molar-refractivity contribution in [1.82, 2.24) is 0 Å². The lowest BCUT2D eigenvalue weighted by Gasteiger charge is -2.38. The van der Waals surface area contributed by atoms with Gasteiger partial charge in [-0.25, -0.2) is 0 Å². The summed E-state index contributed by atoms with van der Waals surface area (Å²) in [5.41, 5.74) is 0.0442. The molecule has 0 heterocycles. The first kappa shape index (κ1) is 18.4. The van der Waals surface area contributed by atoms with Gasteiger partial charge in [-0.15, -0.1) is 6.58 Å². The quantitative estimate of drug-likeness (QED) is 0.605. The number of carbonyl (C=O) groups excluding carboxylic acids is 1. The van der Waals surface area contributed by atoms with Gasteiger partial charge in [0.2, 0.25) is 0 Å². The van der Waals surface area contributed by atoms with Crippen LogP contribution in [-0.2, 0) is 5.60 Å². The predicted octanol–water partition coefficient (Wildman–Crippen LogP) is 4.83. The standard InChI is InChI=1S/C21H26O2Si/c1-16(24(3,4)5)19(20(22)17-12-8-6-9-13-17)21(2,23)18-14-10-7-11-15-18/h6-15,19,23H,1H2,2-5H3/t19-,21-/m0/s1. The number of ketones is 1. The van der Waals surface area contributed by atoms with E-state index in [1.165, 1.54) is 0 Å². The molecule has 0 saturated carbocycles. The molecule has 1 N–H and O–H groups in total. The van der Waals surface area contributed by atoms with E-state index in [0.717, 1.165) is 10.8 Å². The zero-order valence-electron chi connectivity index (χ0n) is 14.9. The van der Waals surface area contributed by atoms with Crippen molar-refractivity contribution in [2.45, 2.75) is 32.2 Å². The molecule has 24 heavy (non-hydrogen) atoms. The minimum Gasteiger partial charge on any atom is -0.384 e. The Hall–Kier alpha value is -1.97. The van der Waals surface area contributed by atoms with Crippen LogP contribution in [-0.4, -0.2) is 19.0 Å². The molecule has 0 aromatic heterocycles. The number of Topliss-reactive ketones (excluding diaryl/α,β-unsaturated/α-hetero) is 1. The zero-order valence-corrected chi connectivity index (χ0v) is 15.9. The summed E-state index contributed by atoms with van der Waals surface area (Å²) in [5, 5.41) is 12.2. The van der Waals surface area contributed by atoms with Crippen LogP contribution in [0.2, 0.25) is 19.6 Å². The van der Waals surface area contributed by atoms with Crippen LogP contribution >= 0.6 is 0 Å². The number of benzene rings is 2. The maximum absolute atomic E-state index is 13.3. The Morgan fingerprint density at radius 2 is 1.46 bits per heavy atom. The monoisotopic (exact) mass is 338 g/mol. The van der Waals surface area contributed by atoms with Crippen LogP contribution in [0.1, 0.15) is 22.8 Å². The number of carbonyl (C=O) groups is 1. The van der Waals surface area contributed by atoms with Gasteiger partial charge in [-0.05, 0) is 12.5 Å². The predicted molar refractivity (Wildman–Crippen MR) is 103 cm³/mol. The number of rotatable bonds is 6. The Kier molecular flexibility index (Phi) is 5.26. The van der Waals surface area contributed by atoms with Gasteiger partial charge in [0.15, 0.2) is 5.78 Å². The fourth-order valence-electron chi connectivity index (χ4n) is 2.90. The van der Waals surface area contributed by atoms with Crippen LogP contribution < -0.4 is 0 Å². The third-order valence-corrected chi connectivity index (χ3v) is 6.77. The van der Waals surface area contributed by atoms with Crippen molar-refractivity contribution in [1.29, 1.82) is 0 Å². The van der Waals surface area contributed by atoms with Crippen molar-refractivity contribution >= 4 is 13.9 Å². The molecule has 2 atom stereocenters. The third-order valence-electron chi connectivity index (χ3n) is 4.55. The first-order chi connectivity index (χ1) is 11.2. The van der Waals surface area contributed by atoms with Gasteiger partial charge in [-0.3, -0.25) is 4.79 Å². The smallest absolute Gasteiger partial charge is 0.172 e. The Morgan fingerprint density at radius 3 is 1.92 bits per heavy atom. The molecule has 126 valence electrons. The molecule has 2 aromatic rings. The first-order valence-electron chi connectivity index (χ1n) is 8.22. The molecule has 0 amide bonds. The normalized spacial score (nSPS) is 15.4. The van der Waals surface area contributed by atoms with E-state index in [1.54, 1.807) is 19.1 Å². The average molecular weight is 339 g/mol. The molecule has 3 heteroatoms. The van der Waals surface area contributed by atoms with Gasteiger partial charge in [-0.1, -0.05) is 85.5 Å². The highest BCUT2D eigenvalue weighted by Crippen LogP contribution is 2.39. The molecular formula is C21H26O2Si. The molecule has 0 fully saturated rings. The van der Waals surface area contributed by atoms with Gasteiger partial charge < -0.3 is 5.11 Å². The van der Waals surface area contributed by atoms with E-state index < -0.39 is 19.6 Å². The summed E-state index contributed by atoms with van der Waals surface area (Å²) in [5.74, 6) is -0.731. The highest BCUT2D eigenvalue weighted by atomic mass is 28.3. The van der Waals surface area contributed by atoms with Crippen LogP contribution in [0.4, 0.5) is 0 Å².